The van der Waals surface area contributed by atoms with Gasteiger partial charge in [0.25, 0.3) is 0 Å². The third-order valence-corrected chi connectivity index (χ3v) is 3.31. The molecule has 1 aromatic carbocycles. The van der Waals surface area contributed by atoms with Crippen LogP contribution in [0.3, 0.4) is 0 Å². The van der Waals surface area contributed by atoms with Crippen LogP contribution >= 0.6 is 0 Å². The minimum Gasteiger partial charge on any atom is -0.445 e. The van der Waals surface area contributed by atoms with E-state index in [2.05, 4.69) is 10.3 Å². The van der Waals surface area contributed by atoms with Crippen LogP contribution in [0, 0.1) is 0 Å². The quantitative estimate of drug-likeness (QED) is 0.711. The lowest BCUT2D eigenvalue weighted by Crippen LogP contribution is -2.29. The number of benzene rings is 1. The van der Waals surface area contributed by atoms with E-state index in [1.165, 1.54) is 0 Å². The Bertz CT molecular complexity index is 615. The van der Waals surface area contributed by atoms with Crippen molar-refractivity contribution in [1.82, 2.24) is 14.9 Å². The van der Waals surface area contributed by atoms with Crippen molar-refractivity contribution in [3.63, 3.8) is 0 Å². The predicted molar refractivity (Wildman–Crippen MR) is 83.4 cm³/mol. The number of alkyl carbamates (subject to hydrolysis) is 1. The molecule has 0 saturated carbocycles. The van der Waals surface area contributed by atoms with Crippen LogP contribution in [0.2, 0.25) is 0 Å². The number of amides is 1. The Balaban J connectivity index is 1.66. The number of hydrogen-bond donors (Lipinski definition) is 3. The fourth-order valence-corrected chi connectivity index (χ4v) is 2.04. The summed E-state index contributed by atoms with van der Waals surface area (Å²) >= 11 is 0. The number of aryl methyl sites for hydroxylation is 1. The molecule has 0 spiro atoms. The number of carbonyl (C=O) groups excluding carboxylic acids is 1. The van der Waals surface area contributed by atoms with Crippen molar-refractivity contribution in [3.8, 4) is 0 Å². The molecule has 0 radical (unpaired) electrons. The number of imidazole rings is 1. The summed E-state index contributed by atoms with van der Waals surface area (Å²) in [7, 11) is 1.78. The van der Waals surface area contributed by atoms with Gasteiger partial charge in [-0.05, 0) is 12.0 Å². The fourth-order valence-electron chi connectivity index (χ4n) is 2.04. The average Bonchev–Trinajstić information content (AvgIpc) is 2.99. The Morgan fingerprint density at radius 1 is 1.35 bits per heavy atom. The summed E-state index contributed by atoms with van der Waals surface area (Å²) in [4.78, 5) is 15.5. The van der Waals surface area contributed by atoms with Crippen LogP contribution in [-0.2, 0) is 18.4 Å². The number of hydrogen-bond acceptors (Lipinski definition) is 5. The third-order valence-electron chi connectivity index (χ3n) is 3.31. The number of nitrogens with one attached hydrogen (secondary N) is 1. The number of aliphatic hydroxyl groups excluding tert-OH is 2. The third kappa shape index (κ3) is 5.39. The van der Waals surface area contributed by atoms with E-state index in [9.17, 15) is 15.0 Å². The maximum atomic E-state index is 11.5. The number of aliphatic hydroxyl groups is 2. The van der Waals surface area contributed by atoms with Gasteiger partial charge in [-0.3, -0.25) is 0 Å². The second kappa shape index (κ2) is 8.30. The van der Waals surface area contributed by atoms with Crippen molar-refractivity contribution in [3.05, 3.63) is 54.1 Å². The molecule has 2 unspecified atom stereocenters. The van der Waals surface area contributed by atoms with E-state index in [4.69, 9.17) is 4.74 Å². The first kappa shape index (κ1) is 17.0. The standard InChI is InChI=1S/C16H21N3O4/c1-19-9-13(18-11-19)15(21)14(20)7-8-17-16(22)23-10-12-5-3-2-4-6-12/h2-6,9,11,14-15,20-21H,7-8,10H2,1H3,(H,17,22). The van der Waals surface area contributed by atoms with E-state index in [1.54, 1.807) is 24.1 Å². The topological polar surface area (TPSA) is 96.6 Å². The van der Waals surface area contributed by atoms with Gasteiger partial charge in [0.15, 0.2) is 0 Å². The van der Waals surface area contributed by atoms with E-state index < -0.39 is 18.3 Å². The number of aromatic nitrogens is 2. The first-order valence-corrected chi connectivity index (χ1v) is 7.35. The van der Waals surface area contributed by atoms with E-state index in [0.29, 0.717) is 5.69 Å². The maximum absolute atomic E-state index is 11.5. The fraction of sp³-hybridized carbons (Fsp3) is 0.375. The van der Waals surface area contributed by atoms with Gasteiger partial charge in [0.2, 0.25) is 0 Å². The molecule has 23 heavy (non-hydrogen) atoms. The minimum atomic E-state index is -1.08. The van der Waals surface area contributed by atoms with Crippen molar-refractivity contribution in [2.24, 2.45) is 7.05 Å². The Morgan fingerprint density at radius 3 is 2.74 bits per heavy atom. The Labute approximate surface area is 134 Å². The Kier molecular flexibility index (Phi) is 6.13. The monoisotopic (exact) mass is 319 g/mol. The van der Waals surface area contributed by atoms with Crippen LogP contribution in [-0.4, -0.2) is 38.5 Å². The van der Waals surface area contributed by atoms with Gasteiger partial charge < -0.3 is 24.8 Å². The molecule has 124 valence electrons. The number of nitrogens with zero attached hydrogens (tertiary/aromatic N) is 2. The van der Waals surface area contributed by atoms with Gasteiger partial charge in [-0.2, -0.15) is 0 Å². The van der Waals surface area contributed by atoms with Crippen molar-refractivity contribution in [1.29, 1.82) is 0 Å². The highest BCUT2D eigenvalue weighted by Crippen LogP contribution is 2.16. The van der Waals surface area contributed by atoms with Gasteiger partial charge in [-0.15, -0.1) is 0 Å². The summed E-state index contributed by atoms with van der Waals surface area (Å²) in [5.74, 6) is 0. The summed E-state index contributed by atoms with van der Waals surface area (Å²) in [6, 6.07) is 9.34. The lowest BCUT2D eigenvalue weighted by atomic mass is 10.1. The molecule has 1 amide bonds. The molecule has 0 aliphatic rings. The first-order valence-electron chi connectivity index (χ1n) is 7.35. The molecule has 0 fully saturated rings. The number of carbonyl (C=O) groups is 1. The second-order valence-corrected chi connectivity index (χ2v) is 5.25. The molecule has 7 nitrogen and oxygen atoms in total. The van der Waals surface area contributed by atoms with Crippen molar-refractivity contribution in [2.45, 2.75) is 25.2 Å². The van der Waals surface area contributed by atoms with Crippen LogP contribution < -0.4 is 5.32 Å². The van der Waals surface area contributed by atoms with Crippen LogP contribution in [0.25, 0.3) is 0 Å². The van der Waals surface area contributed by atoms with Gasteiger partial charge in [0, 0.05) is 19.8 Å². The zero-order valence-electron chi connectivity index (χ0n) is 12.9. The predicted octanol–water partition coefficient (Wildman–Crippen LogP) is 1.13. The molecule has 0 aliphatic heterocycles. The summed E-state index contributed by atoms with van der Waals surface area (Å²) in [5, 5.41) is 22.4. The normalized spacial score (nSPS) is 13.3. The molecular formula is C16H21N3O4. The lowest BCUT2D eigenvalue weighted by Gasteiger charge is -2.16. The van der Waals surface area contributed by atoms with Crippen LogP contribution in [0.1, 0.15) is 23.8 Å². The highest BCUT2D eigenvalue weighted by atomic mass is 16.5. The molecule has 7 heteroatoms. The molecule has 2 rings (SSSR count). The smallest absolute Gasteiger partial charge is 0.407 e. The van der Waals surface area contributed by atoms with Crippen LogP contribution in [0.5, 0.6) is 0 Å². The molecule has 0 aliphatic carbocycles. The van der Waals surface area contributed by atoms with Crippen molar-refractivity contribution >= 4 is 6.09 Å². The first-order chi connectivity index (χ1) is 11.1. The van der Waals surface area contributed by atoms with Crippen molar-refractivity contribution in [2.75, 3.05) is 6.54 Å². The largest absolute Gasteiger partial charge is 0.445 e. The zero-order valence-corrected chi connectivity index (χ0v) is 12.9. The van der Waals surface area contributed by atoms with Gasteiger partial charge in [-0.1, -0.05) is 30.3 Å². The van der Waals surface area contributed by atoms with E-state index in [0.717, 1.165) is 5.56 Å². The zero-order chi connectivity index (χ0) is 16.7. The summed E-state index contributed by atoms with van der Waals surface area (Å²) < 4.78 is 6.73. The maximum Gasteiger partial charge on any atom is 0.407 e. The Morgan fingerprint density at radius 2 is 2.09 bits per heavy atom. The van der Waals surface area contributed by atoms with Crippen molar-refractivity contribution < 1.29 is 19.7 Å². The van der Waals surface area contributed by atoms with Gasteiger partial charge in [0.05, 0.1) is 18.1 Å². The molecule has 1 aromatic heterocycles. The number of ether oxygens (including phenoxy) is 1. The molecule has 1 heterocycles. The second-order valence-electron chi connectivity index (χ2n) is 5.25. The SMILES string of the molecule is Cn1cnc(C(O)C(O)CCNC(=O)OCc2ccccc2)c1. The van der Waals surface area contributed by atoms with E-state index in [1.807, 2.05) is 30.3 Å². The summed E-state index contributed by atoms with van der Waals surface area (Å²) in [6.45, 7) is 0.379. The Hall–Kier alpha value is -2.38. The summed E-state index contributed by atoms with van der Waals surface area (Å²) in [5.41, 5.74) is 1.29. The lowest BCUT2D eigenvalue weighted by molar-refractivity contribution is 0.0113. The highest BCUT2D eigenvalue weighted by Gasteiger charge is 2.20. The molecule has 0 saturated heterocycles. The van der Waals surface area contributed by atoms with Gasteiger partial charge in [-0.25, -0.2) is 9.78 Å². The van der Waals surface area contributed by atoms with E-state index in [-0.39, 0.29) is 19.6 Å². The number of rotatable bonds is 7. The molecule has 3 N–H and O–H groups in total. The summed E-state index contributed by atoms with van der Waals surface area (Å²) in [6.07, 6.45) is 0.712. The minimum absolute atomic E-state index is 0.186. The van der Waals surface area contributed by atoms with Gasteiger partial charge in [0.1, 0.15) is 12.7 Å². The van der Waals surface area contributed by atoms with Gasteiger partial charge >= 0.3 is 6.09 Å². The van der Waals surface area contributed by atoms with E-state index >= 15 is 0 Å². The van der Waals surface area contributed by atoms with Crippen LogP contribution in [0.15, 0.2) is 42.9 Å². The average molecular weight is 319 g/mol. The molecule has 2 atom stereocenters. The molecular weight excluding hydrogens is 298 g/mol. The molecule has 2 aromatic rings. The van der Waals surface area contributed by atoms with Crippen LogP contribution in [0.4, 0.5) is 4.79 Å². The highest BCUT2D eigenvalue weighted by molar-refractivity contribution is 5.67. The molecule has 0 bridgehead atoms.